The van der Waals surface area contributed by atoms with Crippen LogP contribution in [0.2, 0.25) is 5.02 Å². The van der Waals surface area contributed by atoms with Gasteiger partial charge in [0.05, 0.1) is 31.4 Å². The molecule has 2 saturated heterocycles. The molecule has 2 fully saturated rings. The van der Waals surface area contributed by atoms with Crippen LogP contribution < -0.4 is 15.0 Å². The van der Waals surface area contributed by atoms with Crippen LogP contribution in [0.3, 0.4) is 0 Å². The lowest BCUT2D eigenvalue weighted by atomic mass is 9.84. The summed E-state index contributed by atoms with van der Waals surface area (Å²) in [4.78, 5) is 41.5. The molecule has 7 atom stereocenters. The maximum absolute atomic E-state index is 14.0. The lowest BCUT2D eigenvalue weighted by Gasteiger charge is -2.35. The van der Waals surface area contributed by atoms with E-state index in [-0.39, 0.29) is 36.0 Å². The molecule has 5 rings (SSSR count). The summed E-state index contributed by atoms with van der Waals surface area (Å²) in [6, 6.07) is 6.71. The number of allylic oxidation sites excluding steroid dienone is 3. The molecule has 12 nitrogen and oxygen atoms in total. The number of carbonyl (C=O) groups is 3. The number of hydrogen-bond acceptors (Lipinski definition) is 11. The first kappa shape index (κ1) is 36.9. The number of furan rings is 1. The second-order valence-electron chi connectivity index (χ2n) is 12.9. The normalized spacial score (nSPS) is 30.9. The van der Waals surface area contributed by atoms with E-state index < -0.39 is 59.4 Å². The predicted octanol–water partition coefficient (Wildman–Crippen LogP) is 4.41. The van der Waals surface area contributed by atoms with Crippen LogP contribution in [0.5, 0.6) is 5.75 Å². The van der Waals surface area contributed by atoms with Gasteiger partial charge in [-0.3, -0.25) is 9.59 Å². The molecule has 3 aliphatic rings. The first-order valence-electron chi connectivity index (χ1n) is 16.0. The van der Waals surface area contributed by atoms with Gasteiger partial charge < -0.3 is 43.4 Å². The molecule has 49 heavy (non-hydrogen) atoms. The number of benzene rings is 1. The second-order valence-corrected chi connectivity index (χ2v) is 13.6. The number of methoxy groups -OCH3 is 2. The minimum atomic E-state index is -1.82. The molecule has 7 unspecified atom stereocenters. The number of halogens is 1. The average Bonchev–Trinajstić information content (AvgIpc) is 3.58. The highest BCUT2D eigenvalue weighted by Gasteiger charge is 2.64. The molecule has 3 aliphatic heterocycles. The van der Waals surface area contributed by atoms with Crippen LogP contribution in [0, 0.1) is 5.92 Å². The lowest BCUT2D eigenvalue weighted by molar-refractivity contribution is -0.137. The number of aliphatic hydroxyl groups is 1. The zero-order valence-electron chi connectivity index (χ0n) is 28.4. The fraction of sp³-hybridized carbons (Fsp3) is 0.514. The molecule has 266 valence electrons. The first-order chi connectivity index (χ1) is 23.2. The summed E-state index contributed by atoms with van der Waals surface area (Å²) < 4.78 is 35.0. The van der Waals surface area contributed by atoms with Gasteiger partial charge in [0.1, 0.15) is 40.9 Å². The van der Waals surface area contributed by atoms with Crippen LogP contribution in [0.25, 0.3) is 0 Å². The Labute approximate surface area is 296 Å². The zero-order chi connectivity index (χ0) is 35.7. The Bertz CT molecular complexity index is 1640. The molecule has 4 heterocycles. The zero-order valence-corrected chi connectivity index (χ0v) is 30.0. The second kappa shape index (κ2) is 14.9. The Hall–Kier alpha value is -3.33. The van der Waals surface area contributed by atoms with Gasteiger partial charge in [0.15, 0.2) is 5.72 Å². The van der Waals surface area contributed by atoms with Crippen molar-refractivity contribution >= 4 is 47.7 Å². The summed E-state index contributed by atoms with van der Waals surface area (Å²) in [5.74, 6) is -1.01. The van der Waals surface area contributed by atoms with Crippen molar-refractivity contribution in [3.63, 3.8) is 0 Å². The van der Waals surface area contributed by atoms with E-state index in [2.05, 4.69) is 17.9 Å². The molecular weight excluding hydrogens is 676 g/mol. The molecule has 2 N–H and O–H groups in total. The molecule has 1 aromatic heterocycles. The van der Waals surface area contributed by atoms with Crippen molar-refractivity contribution in [2.75, 3.05) is 32.8 Å². The van der Waals surface area contributed by atoms with Gasteiger partial charge in [-0.15, -0.1) is 0 Å². The monoisotopic (exact) mass is 718 g/mol. The molecular formula is C35H43ClN2O10S. The molecule has 14 heteroatoms. The first-order valence-corrected chi connectivity index (χ1v) is 17.0. The van der Waals surface area contributed by atoms with Crippen LogP contribution in [0.4, 0.5) is 5.69 Å². The Morgan fingerprint density at radius 3 is 2.67 bits per heavy atom. The van der Waals surface area contributed by atoms with Gasteiger partial charge in [0.2, 0.25) is 17.6 Å². The molecule has 1 aromatic carbocycles. The Morgan fingerprint density at radius 2 is 2.00 bits per heavy atom. The molecule has 0 saturated carbocycles. The molecule has 2 amide bonds. The standard InChI is InChI=1S/C35H43ClN2O10S/c1-19-8-7-9-27(44-6)35(42)16-26(45-17-29(39)37-35)20(2)32-34(3,48-32)28(47-33(41)24-11-10-22(18-49)46-24)15-30(40)38(4)23-13-21(12-19)14-25(43-5)31(23)36/h7-11,13-14,20,26-28,32,42,49H,12,15-18H2,1-6H3,(H,37,39). The highest BCUT2D eigenvalue weighted by Crippen LogP contribution is 2.49. The molecule has 4 bridgehead atoms. The minimum Gasteiger partial charge on any atom is -0.495 e. The van der Waals surface area contributed by atoms with E-state index >= 15 is 0 Å². The van der Waals surface area contributed by atoms with Crippen molar-refractivity contribution in [2.45, 2.75) is 81.5 Å². The molecule has 2 aromatic rings. The molecule has 0 radical (unpaired) electrons. The third-order valence-corrected chi connectivity index (χ3v) is 10.1. The van der Waals surface area contributed by atoms with E-state index in [9.17, 15) is 19.5 Å². The van der Waals surface area contributed by atoms with Crippen LogP contribution in [0.1, 0.15) is 55.5 Å². The lowest BCUT2D eigenvalue weighted by Crippen LogP contribution is -2.57. The average molecular weight is 719 g/mol. The fourth-order valence-electron chi connectivity index (χ4n) is 6.54. The molecule has 0 aliphatic carbocycles. The topological polar surface area (TPSA) is 149 Å². The summed E-state index contributed by atoms with van der Waals surface area (Å²) in [6.07, 6.45) is 2.19. The highest BCUT2D eigenvalue weighted by molar-refractivity contribution is 7.79. The fourth-order valence-corrected chi connectivity index (χ4v) is 7.03. The Kier molecular flexibility index (Phi) is 11.2. The van der Waals surface area contributed by atoms with Crippen molar-refractivity contribution in [3.8, 4) is 5.75 Å². The van der Waals surface area contributed by atoms with E-state index in [1.54, 1.807) is 44.3 Å². The van der Waals surface area contributed by atoms with Crippen molar-refractivity contribution in [3.05, 3.63) is 70.2 Å². The maximum Gasteiger partial charge on any atom is 0.374 e. The predicted molar refractivity (Wildman–Crippen MR) is 184 cm³/mol. The number of nitrogens with zero attached hydrogens (tertiary/aromatic N) is 1. The summed E-state index contributed by atoms with van der Waals surface area (Å²) in [6.45, 7) is 5.25. The largest absolute Gasteiger partial charge is 0.495 e. The number of rotatable bonds is 5. The third kappa shape index (κ3) is 7.87. The van der Waals surface area contributed by atoms with Gasteiger partial charge in [0.25, 0.3) is 0 Å². The van der Waals surface area contributed by atoms with Gasteiger partial charge in [0, 0.05) is 32.2 Å². The smallest absolute Gasteiger partial charge is 0.374 e. The SMILES string of the molecule is COc1cc2cc(c1Cl)N(C)C(=O)CC(OC(=O)c1ccc(CS)o1)C1(C)OC1C(C)C1CC(O)(NC(=O)CO1)C(OC)C=CC=C(C)C2. The van der Waals surface area contributed by atoms with Crippen LogP contribution in [-0.2, 0) is 40.7 Å². The maximum atomic E-state index is 14.0. The van der Waals surface area contributed by atoms with Crippen LogP contribution in [0.15, 0.2) is 52.5 Å². The summed E-state index contributed by atoms with van der Waals surface area (Å²) in [5.41, 5.74) is -0.790. The van der Waals surface area contributed by atoms with E-state index in [0.29, 0.717) is 23.6 Å². The minimum absolute atomic E-state index is 0.0312. The number of esters is 1. The van der Waals surface area contributed by atoms with Gasteiger partial charge in [-0.1, -0.05) is 42.3 Å². The van der Waals surface area contributed by atoms with Crippen molar-refractivity contribution in [2.24, 2.45) is 5.92 Å². The summed E-state index contributed by atoms with van der Waals surface area (Å²) in [7, 11) is 4.54. The highest BCUT2D eigenvalue weighted by atomic mass is 35.5. The van der Waals surface area contributed by atoms with Gasteiger partial charge >= 0.3 is 5.97 Å². The number of anilines is 1. The van der Waals surface area contributed by atoms with Crippen LogP contribution in [-0.4, -0.2) is 86.5 Å². The number of fused-ring (bicyclic) bond motifs is 5. The number of ether oxygens (including phenoxy) is 5. The van der Waals surface area contributed by atoms with Gasteiger partial charge in [-0.25, -0.2) is 4.79 Å². The summed E-state index contributed by atoms with van der Waals surface area (Å²) in [5, 5.41) is 14.8. The number of amides is 2. The van der Waals surface area contributed by atoms with Gasteiger partial charge in [-0.05, 0) is 50.1 Å². The van der Waals surface area contributed by atoms with Crippen molar-refractivity contribution in [1.29, 1.82) is 0 Å². The Morgan fingerprint density at radius 1 is 1.24 bits per heavy atom. The van der Waals surface area contributed by atoms with Crippen LogP contribution >= 0.6 is 24.2 Å². The Balaban J connectivity index is 1.57. The summed E-state index contributed by atoms with van der Waals surface area (Å²) >= 11 is 10.9. The van der Waals surface area contributed by atoms with Crippen molar-refractivity contribution < 1.29 is 47.6 Å². The number of carbonyl (C=O) groups excluding carboxylic acids is 3. The van der Waals surface area contributed by atoms with E-state index in [1.165, 1.54) is 25.2 Å². The van der Waals surface area contributed by atoms with Gasteiger partial charge in [-0.2, -0.15) is 12.6 Å². The van der Waals surface area contributed by atoms with E-state index in [0.717, 1.165) is 11.1 Å². The number of epoxide rings is 1. The molecule has 0 spiro atoms. The number of thiol groups is 1. The third-order valence-electron chi connectivity index (χ3n) is 9.43. The van der Waals surface area contributed by atoms with E-state index in [1.807, 2.05) is 19.9 Å². The number of hydrogen-bond donors (Lipinski definition) is 3. The quantitative estimate of drug-likeness (QED) is 0.231. The van der Waals surface area contributed by atoms with E-state index in [4.69, 9.17) is 39.7 Å². The van der Waals surface area contributed by atoms with Crippen molar-refractivity contribution in [1.82, 2.24) is 5.32 Å². The number of nitrogens with one attached hydrogen (secondary N) is 1.